The fourth-order valence-corrected chi connectivity index (χ4v) is 4.63. The van der Waals surface area contributed by atoms with E-state index in [2.05, 4.69) is 122 Å². The van der Waals surface area contributed by atoms with Gasteiger partial charge < -0.3 is 0 Å². The summed E-state index contributed by atoms with van der Waals surface area (Å²) < 4.78 is 2.30. The second kappa shape index (κ2) is 7.54. The van der Waals surface area contributed by atoms with E-state index in [1.807, 2.05) is 6.07 Å². The van der Waals surface area contributed by atoms with Crippen LogP contribution in [0.4, 0.5) is 0 Å². The minimum atomic E-state index is 0.932. The number of fused-ring (bicyclic) bond motifs is 3. The van der Waals surface area contributed by atoms with Crippen LogP contribution < -0.4 is 5.46 Å². The fourth-order valence-electron chi connectivity index (χ4n) is 4.63. The molecule has 0 fully saturated rings. The van der Waals surface area contributed by atoms with Gasteiger partial charge in [-0.2, -0.15) is 0 Å². The smallest absolute Gasteiger partial charge is 0.140 e. The molecule has 0 bridgehead atoms. The Morgan fingerprint density at radius 3 is 2.00 bits per heavy atom. The van der Waals surface area contributed by atoms with Gasteiger partial charge in [-0.05, 0) is 35.4 Å². The van der Waals surface area contributed by atoms with E-state index in [0.717, 1.165) is 22.6 Å². The highest BCUT2D eigenvalue weighted by Crippen LogP contribution is 2.33. The number of rotatable bonds is 3. The van der Waals surface area contributed by atoms with E-state index in [1.54, 1.807) is 0 Å². The summed E-state index contributed by atoms with van der Waals surface area (Å²) in [6, 6.07) is 40.5. The molecule has 150 valence electrons. The van der Waals surface area contributed by atoms with Gasteiger partial charge >= 0.3 is 0 Å². The third kappa shape index (κ3) is 3.02. The van der Waals surface area contributed by atoms with Gasteiger partial charge in [0.05, 0.1) is 16.7 Å². The first-order chi connectivity index (χ1) is 15.8. The lowest BCUT2D eigenvalue weighted by molar-refractivity contribution is 1.08. The lowest BCUT2D eigenvalue weighted by Crippen LogP contribution is -2.04. The van der Waals surface area contributed by atoms with E-state index in [9.17, 15) is 0 Å². The molecule has 0 aliphatic heterocycles. The number of hydrogen-bond donors (Lipinski definition) is 0. The molecule has 0 N–H and O–H groups in total. The van der Waals surface area contributed by atoms with Crippen LogP contribution in [0.15, 0.2) is 115 Å². The zero-order chi connectivity index (χ0) is 21.5. The molecular formula is C29H21BN2. The summed E-state index contributed by atoms with van der Waals surface area (Å²) in [7, 11) is 2.18. The summed E-state index contributed by atoms with van der Waals surface area (Å²) in [5.41, 5.74) is 8.07. The van der Waals surface area contributed by atoms with Crippen molar-refractivity contribution < 1.29 is 0 Å². The van der Waals surface area contributed by atoms with Crippen LogP contribution in [-0.2, 0) is 0 Å². The summed E-state index contributed by atoms with van der Waals surface area (Å²) in [5, 5.41) is 2.55. The summed E-state index contributed by atoms with van der Waals surface area (Å²) in [5.74, 6) is 0.932. The first-order valence-corrected chi connectivity index (χ1v) is 10.9. The Bertz CT molecular complexity index is 1510. The number of hydrogen-bond acceptors (Lipinski definition) is 1. The summed E-state index contributed by atoms with van der Waals surface area (Å²) >= 11 is 0. The fraction of sp³-hybridized carbons (Fsp3) is 0. The molecule has 32 heavy (non-hydrogen) atoms. The minimum absolute atomic E-state index is 0.932. The Balaban J connectivity index is 1.71. The van der Waals surface area contributed by atoms with E-state index in [0.29, 0.717) is 0 Å². The number of benzene rings is 4. The molecule has 3 heteroatoms. The highest BCUT2D eigenvalue weighted by molar-refractivity contribution is 6.41. The minimum Gasteiger partial charge on any atom is -0.294 e. The van der Waals surface area contributed by atoms with Gasteiger partial charge in [-0.3, -0.25) is 4.57 Å². The van der Waals surface area contributed by atoms with Gasteiger partial charge in [0.15, 0.2) is 0 Å². The second-order valence-corrected chi connectivity index (χ2v) is 8.15. The summed E-state index contributed by atoms with van der Waals surface area (Å²) in [6.45, 7) is 0. The molecule has 0 amide bonds. The molecule has 6 rings (SSSR count). The van der Waals surface area contributed by atoms with Crippen LogP contribution >= 0.6 is 0 Å². The highest BCUT2D eigenvalue weighted by atomic mass is 15.1. The molecule has 0 aliphatic carbocycles. The van der Waals surface area contributed by atoms with Crippen LogP contribution in [0, 0.1) is 0 Å². The molecule has 0 saturated carbocycles. The average molecular weight is 408 g/mol. The van der Waals surface area contributed by atoms with E-state index in [1.165, 1.54) is 32.8 Å². The maximum Gasteiger partial charge on any atom is 0.140 e. The van der Waals surface area contributed by atoms with Crippen molar-refractivity contribution in [1.29, 1.82) is 0 Å². The van der Waals surface area contributed by atoms with Gasteiger partial charge in [0, 0.05) is 16.3 Å². The standard InChI is InChI=1S/C29H21BN2/c30-24-15-9-17-27-29(24)23-14-7-8-16-26(23)32(27)28-19-22(20-10-3-1-4-11-20)18-25(31-28)21-12-5-2-6-13-21/h1-19H,30H2. The predicted octanol–water partition coefficient (Wildman–Crippen LogP) is 5.77. The molecular weight excluding hydrogens is 387 g/mol. The topological polar surface area (TPSA) is 17.8 Å². The molecule has 0 saturated heterocycles. The zero-order valence-electron chi connectivity index (χ0n) is 17.9. The third-order valence-corrected chi connectivity index (χ3v) is 6.12. The third-order valence-electron chi connectivity index (χ3n) is 6.12. The van der Waals surface area contributed by atoms with Crippen molar-refractivity contribution in [3.05, 3.63) is 115 Å². The van der Waals surface area contributed by atoms with Crippen LogP contribution in [0.5, 0.6) is 0 Å². The zero-order valence-corrected chi connectivity index (χ0v) is 17.9. The normalized spacial score (nSPS) is 11.2. The Labute approximate surface area is 188 Å². The van der Waals surface area contributed by atoms with E-state index in [4.69, 9.17) is 4.98 Å². The van der Waals surface area contributed by atoms with E-state index >= 15 is 0 Å². The Hall–Kier alpha value is -4.11. The first-order valence-electron chi connectivity index (χ1n) is 10.9. The molecule has 0 spiro atoms. The molecule has 4 aromatic carbocycles. The number of pyridine rings is 1. The van der Waals surface area contributed by atoms with Gasteiger partial charge in [0.2, 0.25) is 0 Å². The van der Waals surface area contributed by atoms with Crippen molar-refractivity contribution in [2.75, 3.05) is 0 Å². The average Bonchev–Trinajstić information content (AvgIpc) is 3.20. The van der Waals surface area contributed by atoms with Crippen LogP contribution in [0.2, 0.25) is 0 Å². The maximum atomic E-state index is 5.16. The largest absolute Gasteiger partial charge is 0.294 e. The predicted molar refractivity (Wildman–Crippen MR) is 138 cm³/mol. The lowest BCUT2D eigenvalue weighted by Gasteiger charge is -2.13. The molecule has 2 heterocycles. The molecule has 6 aromatic rings. The van der Waals surface area contributed by atoms with Gasteiger partial charge in [0.1, 0.15) is 13.7 Å². The molecule has 0 unspecified atom stereocenters. The highest BCUT2D eigenvalue weighted by Gasteiger charge is 2.16. The van der Waals surface area contributed by atoms with Gasteiger partial charge in [-0.25, -0.2) is 4.98 Å². The van der Waals surface area contributed by atoms with Crippen molar-refractivity contribution in [2.24, 2.45) is 0 Å². The molecule has 0 radical (unpaired) electrons. The number of para-hydroxylation sites is 1. The van der Waals surface area contributed by atoms with Gasteiger partial charge in [-0.15, -0.1) is 0 Å². The Kier molecular flexibility index (Phi) is 4.40. The van der Waals surface area contributed by atoms with Crippen molar-refractivity contribution >= 4 is 35.1 Å². The van der Waals surface area contributed by atoms with Gasteiger partial charge in [0.25, 0.3) is 0 Å². The maximum absolute atomic E-state index is 5.16. The lowest BCUT2D eigenvalue weighted by atomic mass is 9.91. The number of nitrogens with zero attached hydrogens (tertiary/aromatic N) is 2. The van der Waals surface area contributed by atoms with E-state index < -0.39 is 0 Å². The van der Waals surface area contributed by atoms with Crippen molar-refractivity contribution in [3.63, 3.8) is 0 Å². The van der Waals surface area contributed by atoms with Crippen LogP contribution in [0.3, 0.4) is 0 Å². The first kappa shape index (κ1) is 18.6. The Morgan fingerprint density at radius 2 is 1.22 bits per heavy atom. The van der Waals surface area contributed by atoms with Crippen molar-refractivity contribution in [1.82, 2.24) is 9.55 Å². The molecule has 0 aliphatic rings. The quantitative estimate of drug-likeness (QED) is 0.340. The van der Waals surface area contributed by atoms with Crippen LogP contribution in [-0.4, -0.2) is 17.4 Å². The van der Waals surface area contributed by atoms with Gasteiger partial charge in [-0.1, -0.05) is 96.5 Å². The molecule has 0 atom stereocenters. The molecule has 2 aromatic heterocycles. The second-order valence-electron chi connectivity index (χ2n) is 8.15. The van der Waals surface area contributed by atoms with Crippen molar-refractivity contribution in [3.8, 4) is 28.2 Å². The summed E-state index contributed by atoms with van der Waals surface area (Å²) in [6.07, 6.45) is 0. The monoisotopic (exact) mass is 408 g/mol. The van der Waals surface area contributed by atoms with Crippen LogP contribution in [0.1, 0.15) is 0 Å². The summed E-state index contributed by atoms with van der Waals surface area (Å²) in [4.78, 5) is 5.16. The number of aromatic nitrogens is 2. The van der Waals surface area contributed by atoms with Crippen LogP contribution in [0.25, 0.3) is 50.0 Å². The van der Waals surface area contributed by atoms with Crippen molar-refractivity contribution in [2.45, 2.75) is 0 Å². The molecule has 2 nitrogen and oxygen atoms in total. The van der Waals surface area contributed by atoms with E-state index in [-0.39, 0.29) is 0 Å². The Morgan fingerprint density at radius 1 is 0.562 bits per heavy atom. The SMILES string of the molecule is Bc1cccc2c1c1ccccc1n2-c1cc(-c2ccccc2)cc(-c2ccccc2)n1.